The average Bonchev–Trinajstić information content (AvgIpc) is 2.37. The van der Waals surface area contributed by atoms with E-state index in [1.165, 1.54) is 29.8 Å². The van der Waals surface area contributed by atoms with E-state index in [1.54, 1.807) is 0 Å². The van der Waals surface area contributed by atoms with Crippen LogP contribution in [0.3, 0.4) is 0 Å². The maximum atomic E-state index is 12.6. The number of alkyl halides is 1. The van der Waals surface area contributed by atoms with E-state index in [2.05, 4.69) is 40.2 Å². The first kappa shape index (κ1) is 16.6. The molecule has 0 N–H and O–H groups in total. The Balaban J connectivity index is 2.32. The van der Waals surface area contributed by atoms with Crippen molar-refractivity contribution in [2.45, 2.75) is 71.1 Å². The predicted molar refractivity (Wildman–Crippen MR) is 84.4 cm³/mol. The van der Waals surface area contributed by atoms with E-state index in [4.69, 9.17) is 0 Å². The first-order chi connectivity index (χ1) is 9.13. The Bertz CT molecular complexity index is 366. The second-order valence-corrected chi connectivity index (χ2v) is 5.99. The summed E-state index contributed by atoms with van der Waals surface area (Å²) in [4.78, 5) is 4.68. The van der Waals surface area contributed by atoms with Gasteiger partial charge in [0, 0.05) is 11.4 Å². The molecule has 0 aliphatic heterocycles. The molecule has 0 saturated carbocycles. The van der Waals surface area contributed by atoms with Gasteiger partial charge in [-0.3, -0.25) is 4.98 Å². The van der Waals surface area contributed by atoms with Gasteiger partial charge < -0.3 is 0 Å². The van der Waals surface area contributed by atoms with Crippen LogP contribution < -0.4 is 0 Å². The zero-order chi connectivity index (χ0) is 14.1. The molecule has 0 spiro atoms. The summed E-state index contributed by atoms with van der Waals surface area (Å²) in [5, 5.41) is 0. The molecular formula is C16H27FNP. The quantitative estimate of drug-likeness (QED) is 0.459. The molecule has 1 aromatic rings. The molecule has 1 rings (SSSR count). The number of aromatic nitrogens is 1. The van der Waals surface area contributed by atoms with Crippen LogP contribution in [0.2, 0.25) is 0 Å². The zero-order valence-corrected chi connectivity index (χ0v) is 13.4. The number of aryl methyl sites for hydroxylation is 3. The molecule has 1 nitrogen and oxygen atoms in total. The molecule has 0 bridgehead atoms. The van der Waals surface area contributed by atoms with Crippen molar-refractivity contribution in [3.05, 3.63) is 29.1 Å². The summed E-state index contributed by atoms with van der Waals surface area (Å²) in [5.41, 5.74) is 3.74. The normalized spacial score (nSPS) is 12.6. The highest BCUT2D eigenvalue weighted by atomic mass is 31.0. The van der Waals surface area contributed by atoms with Crippen LogP contribution >= 0.6 is 9.24 Å². The summed E-state index contributed by atoms with van der Waals surface area (Å²) in [6.07, 6.45) is 8.45. The standard InChI is InChI=1S/C16H27FNP/c1-3-4-8-14-11-12-15(18-13(14)2)9-6-5-7-10-16(17)19/h11-12,16H,3-10,19H2,1-2H3. The van der Waals surface area contributed by atoms with Crippen LogP contribution in [-0.2, 0) is 12.8 Å². The second kappa shape index (κ2) is 9.42. The van der Waals surface area contributed by atoms with E-state index in [-0.39, 0.29) is 0 Å². The van der Waals surface area contributed by atoms with E-state index < -0.39 is 5.91 Å². The van der Waals surface area contributed by atoms with Gasteiger partial charge in [-0.05, 0) is 50.7 Å². The summed E-state index contributed by atoms with van der Waals surface area (Å²) in [5.74, 6) is -0.738. The number of nitrogens with zero attached hydrogens (tertiary/aromatic N) is 1. The monoisotopic (exact) mass is 283 g/mol. The Morgan fingerprint density at radius 1 is 1.16 bits per heavy atom. The summed E-state index contributed by atoms with van der Waals surface area (Å²) in [6, 6.07) is 4.39. The lowest BCUT2D eigenvalue weighted by Crippen LogP contribution is -1.98. The van der Waals surface area contributed by atoms with Crippen LogP contribution in [0.25, 0.3) is 0 Å². The molecule has 0 amide bonds. The van der Waals surface area contributed by atoms with Crippen molar-refractivity contribution in [1.29, 1.82) is 0 Å². The molecule has 0 aliphatic carbocycles. The van der Waals surface area contributed by atoms with Gasteiger partial charge in [-0.1, -0.05) is 32.3 Å². The summed E-state index contributed by atoms with van der Waals surface area (Å²) in [7, 11) is 2.21. The SMILES string of the molecule is CCCCc1ccc(CCCCCC(F)P)nc1C. The third kappa shape index (κ3) is 7.01. The lowest BCUT2D eigenvalue weighted by molar-refractivity contribution is 0.412. The highest BCUT2D eigenvalue weighted by Gasteiger charge is 2.02. The van der Waals surface area contributed by atoms with Gasteiger partial charge in [-0.2, -0.15) is 0 Å². The Hall–Kier alpha value is -0.490. The molecule has 0 aliphatic rings. The predicted octanol–water partition coefficient (Wildman–Crippen LogP) is 5.01. The smallest absolute Gasteiger partial charge is 0.113 e. The van der Waals surface area contributed by atoms with Crippen molar-refractivity contribution >= 4 is 9.24 Å². The van der Waals surface area contributed by atoms with Crippen LogP contribution in [0, 0.1) is 6.92 Å². The minimum atomic E-state index is -0.738. The van der Waals surface area contributed by atoms with E-state index in [1.807, 2.05) is 0 Å². The second-order valence-electron chi connectivity index (χ2n) is 5.27. The van der Waals surface area contributed by atoms with Crippen LogP contribution in [-0.4, -0.2) is 10.9 Å². The van der Waals surface area contributed by atoms with Crippen LogP contribution in [0.15, 0.2) is 12.1 Å². The van der Waals surface area contributed by atoms with Gasteiger partial charge in [-0.15, -0.1) is 9.24 Å². The molecule has 0 radical (unpaired) electrons. The first-order valence-corrected chi connectivity index (χ1v) is 8.15. The number of rotatable bonds is 9. The number of pyridine rings is 1. The van der Waals surface area contributed by atoms with Crippen molar-refractivity contribution in [2.24, 2.45) is 0 Å². The zero-order valence-electron chi connectivity index (χ0n) is 12.3. The molecular weight excluding hydrogens is 256 g/mol. The number of hydrogen-bond acceptors (Lipinski definition) is 1. The molecule has 1 aromatic heterocycles. The number of halogens is 1. The Morgan fingerprint density at radius 2 is 1.95 bits per heavy atom. The van der Waals surface area contributed by atoms with Gasteiger partial charge in [0.1, 0.15) is 5.91 Å². The fourth-order valence-electron chi connectivity index (χ4n) is 2.23. The average molecular weight is 283 g/mol. The summed E-state index contributed by atoms with van der Waals surface area (Å²) >= 11 is 0. The number of unbranched alkanes of at least 4 members (excludes halogenated alkanes) is 3. The molecule has 3 heteroatoms. The molecule has 2 unspecified atom stereocenters. The van der Waals surface area contributed by atoms with Crippen LogP contribution in [0.4, 0.5) is 4.39 Å². The fraction of sp³-hybridized carbons (Fsp3) is 0.688. The van der Waals surface area contributed by atoms with Crippen LogP contribution in [0.1, 0.15) is 62.4 Å². The van der Waals surface area contributed by atoms with Crippen molar-refractivity contribution in [2.75, 3.05) is 0 Å². The van der Waals surface area contributed by atoms with Crippen molar-refractivity contribution in [3.63, 3.8) is 0 Å². The highest BCUT2D eigenvalue weighted by molar-refractivity contribution is 7.17. The highest BCUT2D eigenvalue weighted by Crippen LogP contribution is 2.15. The minimum Gasteiger partial charge on any atom is -0.258 e. The molecule has 2 atom stereocenters. The van der Waals surface area contributed by atoms with E-state index >= 15 is 0 Å². The molecule has 108 valence electrons. The van der Waals surface area contributed by atoms with Gasteiger partial charge in [0.25, 0.3) is 0 Å². The minimum absolute atomic E-state index is 0.660. The molecule has 19 heavy (non-hydrogen) atoms. The van der Waals surface area contributed by atoms with E-state index in [9.17, 15) is 4.39 Å². The molecule has 1 heterocycles. The van der Waals surface area contributed by atoms with Crippen molar-refractivity contribution in [1.82, 2.24) is 4.98 Å². The van der Waals surface area contributed by atoms with Crippen molar-refractivity contribution < 1.29 is 4.39 Å². The molecule has 0 fully saturated rings. The Labute approximate surface area is 119 Å². The van der Waals surface area contributed by atoms with Gasteiger partial charge in [0.05, 0.1) is 0 Å². The largest absolute Gasteiger partial charge is 0.258 e. The molecule has 0 saturated heterocycles. The van der Waals surface area contributed by atoms with Crippen LogP contribution in [0.5, 0.6) is 0 Å². The maximum Gasteiger partial charge on any atom is 0.113 e. The fourth-order valence-corrected chi connectivity index (χ4v) is 2.47. The third-order valence-corrected chi connectivity index (χ3v) is 3.80. The maximum absolute atomic E-state index is 12.6. The van der Waals surface area contributed by atoms with Gasteiger partial charge in [0.2, 0.25) is 0 Å². The third-order valence-electron chi connectivity index (χ3n) is 3.47. The topological polar surface area (TPSA) is 12.9 Å². The Kier molecular flexibility index (Phi) is 8.21. The lowest BCUT2D eigenvalue weighted by Gasteiger charge is -2.07. The first-order valence-electron chi connectivity index (χ1n) is 7.48. The van der Waals surface area contributed by atoms with E-state index in [0.29, 0.717) is 6.42 Å². The van der Waals surface area contributed by atoms with Gasteiger partial charge in [-0.25, -0.2) is 4.39 Å². The van der Waals surface area contributed by atoms with Gasteiger partial charge >= 0.3 is 0 Å². The van der Waals surface area contributed by atoms with Gasteiger partial charge in [0.15, 0.2) is 0 Å². The Morgan fingerprint density at radius 3 is 2.58 bits per heavy atom. The summed E-state index contributed by atoms with van der Waals surface area (Å²) < 4.78 is 12.6. The number of hydrogen-bond donors (Lipinski definition) is 0. The molecule has 0 aromatic carbocycles. The summed E-state index contributed by atoms with van der Waals surface area (Å²) in [6.45, 7) is 4.32. The van der Waals surface area contributed by atoms with E-state index in [0.717, 1.165) is 32.1 Å². The lowest BCUT2D eigenvalue weighted by atomic mass is 10.0. The van der Waals surface area contributed by atoms with Crippen molar-refractivity contribution in [3.8, 4) is 0 Å².